The smallest absolute Gasteiger partial charge is 0.326 e. The van der Waals surface area contributed by atoms with E-state index in [1.807, 2.05) is 0 Å². The van der Waals surface area contributed by atoms with E-state index >= 15 is 0 Å². The monoisotopic (exact) mass is 266 g/mol. The van der Waals surface area contributed by atoms with Gasteiger partial charge in [-0.25, -0.2) is 4.79 Å². The average molecular weight is 266 g/mol. The molecule has 19 heavy (non-hydrogen) atoms. The summed E-state index contributed by atoms with van der Waals surface area (Å²) in [6.45, 7) is 1.60. The highest BCUT2D eigenvalue weighted by molar-refractivity contribution is 5.95. The van der Waals surface area contributed by atoms with Crippen molar-refractivity contribution in [3.05, 3.63) is 24.0 Å². The lowest BCUT2D eigenvalue weighted by Crippen LogP contribution is -2.41. The van der Waals surface area contributed by atoms with Crippen molar-refractivity contribution in [1.29, 1.82) is 0 Å². The van der Waals surface area contributed by atoms with Crippen molar-refractivity contribution in [1.82, 2.24) is 9.47 Å². The lowest BCUT2D eigenvalue weighted by molar-refractivity contribution is -0.141. The Kier molecular flexibility index (Phi) is 4.21. The number of hydrogen-bond donors (Lipinski definition) is 1. The molecule has 1 N–H and O–H groups in total. The predicted octanol–water partition coefficient (Wildman–Crippen LogP) is 0.824. The third kappa shape index (κ3) is 2.78. The highest BCUT2D eigenvalue weighted by Crippen LogP contribution is 2.20. The second kappa shape index (κ2) is 5.88. The number of rotatable bonds is 5. The summed E-state index contributed by atoms with van der Waals surface area (Å²) in [6, 6.07) is 2.81. The SMILES string of the molecule is COCCn1cccc1C(=O)N1CCCC1C(=O)O. The van der Waals surface area contributed by atoms with Crippen LogP contribution >= 0.6 is 0 Å². The first-order chi connectivity index (χ1) is 9.15. The molecule has 1 saturated heterocycles. The van der Waals surface area contributed by atoms with Crippen LogP contribution < -0.4 is 0 Å². The quantitative estimate of drug-likeness (QED) is 0.856. The summed E-state index contributed by atoms with van der Waals surface area (Å²) >= 11 is 0. The molecule has 0 spiro atoms. The number of aliphatic carboxylic acids is 1. The Labute approximate surface area is 111 Å². The van der Waals surface area contributed by atoms with Crippen LogP contribution in [0, 0.1) is 0 Å². The fraction of sp³-hybridized carbons (Fsp3) is 0.538. The Bertz CT molecular complexity index is 469. The Balaban J connectivity index is 2.15. The van der Waals surface area contributed by atoms with Gasteiger partial charge in [-0.05, 0) is 25.0 Å². The van der Waals surface area contributed by atoms with Crippen molar-refractivity contribution in [2.75, 3.05) is 20.3 Å². The molecule has 0 aliphatic carbocycles. The van der Waals surface area contributed by atoms with Crippen LogP contribution in [0.4, 0.5) is 0 Å². The van der Waals surface area contributed by atoms with Crippen molar-refractivity contribution in [3.63, 3.8) is 0 Å². The maximum Gasteiger partial charge on any atom is 0.326 e. The molecular formula is C13H18N2O4. The number of carboxylic acids is 1. The van der Waals surface area contributed by atoms with E-state index in [2.05, 4.69) is 0 Å². The van der Waals surface area contributed by atoms with E-state index in [-0.39, 0.29) is 5.91 Å². The zero-order valence-electron chi connectivity index (χ0n) is 10.9. The number of ether oxygens (including phenoxy) is 1. The van der Waals surface area contributed by atoms with Crippen LogP contribution in [0.25, 0.3) is 0 Å². The van der Waals surface area contributed by atoms with E-state index in [1.165, 1.54) is 4.90 Å². The minimum absolute atomic E-state index is 0.217. The van der Waals surface area contributed by atoms with Crippen molar-refractivity contribution in [3.8, 4) is 0 Å². The number of hydrogen-bond acceptors (Lipinski definition) is 3. The lowest BCUT2D eigenvalue weighted by Gasteiger charge is -2.22. The number of likely N-dealkylation sites (tertiary alicyclic amines) is 1. The first-order valence-corrected chi connectivity index (χ1v) is 6.33. The van der Waals surface area contributed by atoms with Gasteiger partial charge in [0, 0.05) is 26.4 Å². The Hall–Kier alpha value is -1.82. The zero-order valence-corrected chi connectivity index (χ0v) is 10.9. The maximum atomic E-state index is 12.4. The van der Waals surface area contributed by atoms with Gasteiger partial charge in [-0.1, -0.05) is 0 Å². The molecule has 2 rings (SSSR count). The second-order valence-electron chi connectivity index (χ2n) is 4.57. The first-order valence-electron chi connectivity index (χ1n) is 6.33. The molecule has 0 bridgehead atoms. The number of carbonyl (C=O) groups excluding carboxylic acids is 1. The van der Waals surface area contributed by atoms with Crippen LogP contribution in [0.2, 0.25) is 0 Å². The third-order valence-corrected chi connectivity index (χ3v) is 3.38. The number of amides is 1. The van der Waals surface area contributed by atoms with Gasteiger partial charge in [-0.2, -0.15) is 0 Å². The molecule has 1 atom stereocenters. The molecule has 0 saturated carbocycles. The van der Waals surface area contributed by atoms with Crippen molar-refractivity contribution >= 4 is 11.9 Å². The van der Waals surface area contributed by atoms with Crippen molar-refractivity contribution in [2.45, 2.75) is 25.4 Å². The summed E-state index contributed by atoms with van der Waals surface area (Å²) in [5, 5.41) is 9.12. The van der Waals surface area contributed by atoms with Gasteiger partial charge in [0.2, 0.25) is 0 Å². The molecule has 1 fully saturated rings. The molecular weight excluding hydrogens is 248 g/mol. The molecule has 1 aliphatic heterocycles. The number of carboxylic acid groups (broad SMARTS) is 1. The number of nitrogens with zero attached hydrogens (tertiary/aromatic N) is 2. The predicted molar refractivity (Wildman–Crippen MR) is 68.0 cm³/mol. The lowest BCUT2D eigenvalue weighted by atomic mass is 10.2. The first kappa shape index (κ1) is 13.6. The third-order valence-electron chi connectivity index (χ3n) is 3.38. The van der Waals surface area contributed by atoms with E-state index in [0.717, 1.165) is 6.42 Å². The molecule has 6 nitrogen and oxygen atoms in total. The molecule has 1 unspecified atom stereocenters. The molecule has 1 amide bonds. The van der Waals surface area contributed by atoms with Gasteiger partial charge in [-0.15, -0.1) is 0 Å². The van der Waals surface area contributed by atoms with E-state index in [0.29, 0.717) is 31.8 Å². The molecule has 1 aromatic rings. The highest BCUT2D eigenvalue weighted by atomic mass is 16.5. The van der Waals surface area contributed by atoms with Gasteiger partial charge < -0.3 is 19.3 Å². The molecule has 2 heterocycles. The summed E-state index contributed by atoms with van der Waals surface area (Å²) < 4.78 is 6.79. The zero-order chi connectivity index (χ0) is 13.8. The van der Waals surface area contributed by atoms with Crippen molar-refractivity contribution in [2.24, 2.45) is 0 Å². The van der Waals surface area contributed by atoms with E-state index in [9.17, 15) is 9.59 Å². The Morgan fingerprint density at radius 1 is 1.53 bits per heavy atom. The van der Waals surface area contributed by atoms with Crippen LogP contribution in [0.15, 0.2) is 18.3 Å². The molecule has 104 valence electrons. The topological polar surface area (TPSA) is 71.8 Å². The van der Waals surface area contributed by atoms with Gasteiger partial charge >= 0.3 is 5.97 Å². The number of methoxy groups -OCH3 is 1. The van der Waals surface area contributed by atoms with Crippen LogP contribution in [-0.4, -0.2) is 52.8 Å². The summed E-state index contributed by atoms with van der Waals surface area (Å²) in [6.07, 6.45) is 3.07. The van der Waals surface area contributed by atoms with Crippen LogP contribution in [0.1, 0.15) is 23.3 Å². The van der Waals surface area contributed by atoms with Crippen LogP contribution in [0.3, 0.4) is 0 Å². The van der Waals surface area contributed by atoms with E-state index in [4.69, 9.17) is 9.84 Å². The number of carbonyl (C=O) groups is 2. The fourth-order valence-corrected chi connectivity index (χ4v) is 2.41. The van der Waals surface area contributed by atoms with Gasteiger partial charge in [-0.3, -0.25) is 4.79 Å². The number of aromatic nitrogens is 1. The minimum atomic E-state index is -0.930. The Morgan fingerprint density at radius 2 is 2.32 bits per heavy atom. The van der Waals surface area contributed by atoms with E-state index < -0.39 is 12.0 Å². The standard InChI is InChI=1S/C13H18N2O4/c1-19-9-8-14-6-2-4-10(14)12(16)15-7-3-5-11(15)13(17)18/h2,4,6,11H,3,5,7-9H2,1H3,(H,17,18). The second-order valence-corrected chi connectivity index (χ2v) is 4.57. The van der Waals surface area contributed by atoms with Crippen LogP contribution in [-0.2, 0) is 16.1 Å². The van der Waals surface area contributed by atoms with Gasteiger partial charge in [0.15, 0.2) is 0 Å². The fourth-order valence-electron chi connectivity index (χ4n) is 2.41. The van der Waals surface area contributed by atoms with E-state index in [1.54, 1.807) is 30.0 Å². The van der Waals surface area contributed by atoms with Gasteiger partial charge in [0.25, 0.3) is 5.91 Å². The summed E-state index contributed by atoms with van der Waals surface area (Å²) in [7, 11) is 1.60. The molecule has 6 heteroatoms. The molecule has 0 radical (unpaired) electrons. The summed E-state index contributed by atoms with van der Waals surface area (Å²) in [4.78, 5) is 25.0. The minimum Gasteiger partial charge on any atom is -0.480 e. The molecule has 1 aromatic heterocycles. The normalized spacial score (nSPS) is 18.8. The molecule has 0 aromatic carbocycles. The van der Waals surface area contributed by atoms with Gasteiger partial charge in [0.05, 0.1) is 6.61 Å². The maximum absolute atomic E-state index is 12.4. The Morgan fingerprint density at radius 3 is 3.00 bits per heavy atom. The molecule has 1 aliphatic rings. The van der Waals surface area contributed by atoms with Crippen LogP contribution in [0.5, 0.6) is 0 Å². The highest BCUT2D eigenvalue weighted by Gasteiger charge is 2.35. The largest absolute Gasteiger partial charge is 0.480 e. The van der Waals surface area contributed by atoms with Crippen molar-refractivity contribution < 1.29 is 19.4 Å². The average Bonchev–Trinajstić information content (AvgIpc) is 3.04. The summed E-state index contributed by atoms with van der Waals surface area (Å²) in [5.74, 6) is -1.15. The summed E-state index contributed by atoms with van der Waals surface area (Å²) in [5.41, 5.74) is 0.519. The van der Waals surface area contributed by atoms with Gasteiger partial charge in [0.1, 0.15) is 11.7 Å².